The first-order valence-electron chi connectivity index (χ1n) is 8.46. The minimum Gasteiger partial charge on any atom is -0.490 e. The van der Waals surface area contributed by atoms with Crippen LogP contribution < -0.4 is 10.1 Å². The van der Waals surface area contributed by atoms with Gasteiger partial charge in [0.15, 0.2) is 0 Å². The highest BCUT2D eigenvalue weighted by molar-refractivity contribution is 6.06. The molecule has 1 unspecified atom stereocenters. The number of benzene rings is 2. The molecule has 26 heavy (non-hydrogen) atoms. The van der Waals surface area contributed by atoms with E-state index < -0.39 is 11.9 Å². The smallest absolute Gasteiger partial charge is 0.310 e. The van der Waals surface area contributed by atoms with Gasteiger partial charge < -0.3 is 19.9 Å². The molecule has 0 aromatic heterocycles. The largest absolute Gasteiger partial charge is 0.490 e. The normalized spacial score (nSPS) is 11.6. The molecule has 2 rings (SSSR count). The molecule has 2 aromatic rings. The lowest BCUT2D eigenvalue weighted by Gasteiger charge is -2.13. The van der Waals surface area contributed by atoms with Crippen LogP contribution in [0.4, 0.5) is 5.69 Å². The predicted molar refractivity (Wildman–Crippen MR) is 98.9 cm³/mol. The first-order chi connectivity index (χ1) is 12.5. The van der Waals surface area contributed by atoms with Crippen LogP contribution in [0.3, 0.4) is 0 Å². The summed E-state index contributed by atoms with van der Waals surface area (Å²) in [7, 11) is 0. The number of rotatable bonds is 9. The van der Waals surface area contributed by atoms with E-state index in [1.807, 2.05) is 6.92 Å². The minimum absolute atomic E-state index is 0.322. The molecule has 0 radical (unpaired) electrons. The Kier molecular flexibility index (Phi) is 7.17. The van der Waals surface area contributed by atoms with Gasteiger partial charge in [-0.05, 0) is 43.7 Å². The number of ether oxygens (including phenoxy) is 2. The van der Waals surface area contributed by atoms with Crippen molar-refractivity contribution in [1.82, 2.24) is 0 Å². The number of carbonyl (C=O) groups excluding carboxylic acids is 1. The minimum atomic E-state index is -0.915. The quantitative estimate of drug-likeness (QED) is 0.671. The molecule has 0 saturated heterocycles. The van der Waals surface area contributed by atoms with Gasteiger partial charge in [0.05, 0.1) is 18.1 Å². The molecule has 1 amide bonds. The average Bonchev–Trinajstić information content (AvgIpc) is 2.65. The molecule has 0 aliphatic carbocycles. The Balaban J connectivity index is 2.10. The fourth-order valence-electron chi connectivity index (χ4n) is 2.36. The third-order valence-corrected chi connectivity index (χ3v) is 3.84. The van der Waals surface area contributed by atoms with Gasteiger partial charge >= 0.3 is 5.97 Å². The molecule has 6 nitrogen and oxygen atoms in total. The zero-order chi connectivity index (χ0) is 18.9. The molecule has 6 heteroatoms. The van der Waals surface area contributed by atoms with Gasteiger partial charge in [-0.3, -0.25) is 9.59 Å². The lowest BCUT2D eigenvalue weighted by molar-refractivity contribution is -0.138. The van der Waals surface area contributed by atoms with Crippen LogP contribution in [0.5, 0.6) is 5.75 Å². The SMILES string of the molecule is CCOCCOc1ccccc1C(=O)Nc1cccc(C(C)C(=O)O)c1. The van der Waals surface area contributed by atoms with Crippen molar-refractivity contribution in [2.45, 2.75) is 19.8 Å². The summed E-state index contributed by atoms with van der Waals surface area (Å²) in [4.78, 5) is 23.7. The number of aliphatic carboxylic acids is 1. The molecule has 1 atom stereocenters. The van der Waals surface area contributed by atoms with Crippen molar-refractivity contribution in [3.8, 4) is 5.75 Å². The number of carbonyl (C=O) groups is 2. The van der Waals surface area contributed by atoms with E-state index in [2.05, 4.69) is 5.32 Å². The third-order valence-electron chi connectivity index (χ3n) is 3.84. The van der Waals surface area contributed by atoms with Gasteiger partial charge in [0.25, 0.3) is 5.91 Å². The second-order valence-corrected chi connectivity index (χ2v) is 5.68. The Morgan fingerprint density at radius 3 is 2.62 bits per heavy atom. The fourth-order valence-corrected chi connectivity index (χ4v) is 2.36. The highest BCUT2D eigenvalue weighted by atomic mass is 16.5. The Labute approximate surface area is 152 Å². The van der Waals surface area contributed by atoms with Gasteiger partial charge in [-0.1, -0.05) is 24.3 Å². The average molecular weight is 357 g/mol. The molecule has 0 fully saturated rings. The molecule has 0 heterocycles. The molecular formula is C20H23NO5. The van der Waals surface area contributed by atoms with E-state index in [1.165, 1.54) is 0 Å². The molecule has 0 saturated carbocycles. The van der Waals surface area contributed by atoms with E-state index in [1.54, 1.807) is 55.5 Å². The molecule has 0 bridgehead atoms. The van der Waals surface area contributed by atoms with Crippen LogP contribution in [0.15, 0.2) is 48.5 Å². The maximum absolute atomic E-state index is 12.6. The summed E-state index contributed by atoms with van der Waals surface area (Å²) < 4.78 is 10.9. The second-order valence-electron chi connectivity index (χ2n) is 5.68. The number of hydrogen-bond donors (Lipinski definition) is 2. The summed E-state index contributed by atoms with van der Waals surface area (Å²) in [6.45, 7) is 4.91. The van der Waals surface area contributed by atoms with Crippen LogP contribution in [0.1, 0.15) is 35.7 Å². The van der Waals surface area contributed by atoms with E-state index in [0.29, 0.717) is 42.4 Å². The number of anilines is 1. The Morgan fingerprint density at radius 1 is 1.12 bits per heavy atom. The van der Waals surface area contributed by atoms with Crippen LogP contribution in [-0.4, -0.2) is 36.8 Å². The van der Waals surface area contributed by atoms with Gasteiger partial charge in [-0.25, -0.2) is 0 Å². The summed E-state index contributed by atoms with van der Waals surface area (Å²) >= 11 is 0. The van der Waals surface area contributed by atoms with E-state index in [4.69, 9.17) is 14.6 Å². The Morgan fingerprint density at radius 2 is 1.88 bits per heavy atom. The van der Waals surface area contributed by atoms with Crippen molar-refractivity contribution in [3.63, 3.8) is 0 Å². The number of amides is 1. The van der Waals surface area contributed by atoms with Gasteiger partial charge in [-0.15, -0.1) is 0 Å². The van der Waals surface area contributed by atoms with E-state index >= 15 is 0 Å². The predicted octanol–water partition coefficient (Wildman–Crippen LogP) is 3.54. The van der Waals surface area contributed by atoms with Crippen molar-refractivity contribution in [3.05, 3.63) is 59.7 Å². The number of hydrogen-bond acceptors (Lipinski definition) is 4. The monoisotopic (exact) mass is 357 g/mol. The summed E-state index contributed by atoms with van der Waals surface area (Å²) in [6.07, 6.45) is 0. The molecule has 0 aliphatic rings. The summed E-state index contributed by atoms with van der Waals surface area (Å²) in [5.41, 5.74) is 1.56. The molecule has 0 aliphatic heterocycles. The fraction of sp³-hybridized carbons (Fsp3) is 0.300. The molecule has 0 spiro atoms. The van der Waals surface area contributed by atoms with Crippen LogP contribution in [0.2, 0.25) is 0 Å². The van der Waals surface area contributed by atoms with E-state index in [9.17, 15) is 9.59 Å². The second kappa shape index (κ2) is 9.58. The Hall–Kier alpha value is -2.86. The highest BCUT2D eigenvalue weighted by Crippen LogP contribution is 2.22. The number of para-hydroxylation sites is 1. The van der Waals surface area contributed by atoms with Gasteiger partial charge in [-0.2, -0.15) is 0 Å². The van der Waals surface area contributed by atoms with Crippen LogP contribution in [0, 0.1) is 0 Å². The lowest BCUT2D eigenvalue weighted by Crippen LogP contribution is -2.15. The lowest BCUT2D eigenvalue weighted by atomic mass is 10.0. The maximum atomic E-state index is 12.6. The summed E-state index contributed by atoms with van der Waals surface area (Å²) in [6, 6.07) is 13.8. The van der Waals surface area contributed by atoms with Crippen molar-refractivity contribution in [2.75, 3.05) is 25.1 Å². The first kappa shape index (κ1) is 19.5. The topological polar surface area (TPSA) is 84.9 Å². The van der Waals surface area contributed by atoms with Gasteiger partial charge in [0.2, 0.25) is 0 Å². The summed E-state index contributed by atoms with van der Waals surface area (Å²) in [5, 5.41) is 11.9. The number of carboxylic acids is 1. The molecule has 138 valence electrons. The van der Waals surface area contributed by atoms with Crippen LogP contribution in [-0.2, 0) is 9.53 Å². The van der Waals surface area contributed by atoms with E-state index in [-0.39, 0.29) is 5.91 Å². The summed E-state index contributed by atoms with van der Waals surface area (Å²) in [5.74, 6) is -1.42. The molecule has 2 aromatic carbocycles. The van der Waals surface area contributed by atoms with Crippen LogP contribution >= 0.6 is 0 Å². The third kappa shape index (κ3) is 5.32. The molecule has 2 N–H and O–H groups in total. The number of carboxylic acid groups (broad SMARTS) is 1. The first-order valence-corrected chi connectivity index (χ1v) is 8.46. The van der Waals surface area contributed by atoms with Gasteiger partial charge in [0.1, 0.15) is 12.4 Å². The van der Waals surface area contributed by atoms with Crippen molar-refractivity contribution >= 4 is 17.6 Å². The van der Waals surface area contributed by atoms with E-state index in [0.717, 1.165) is 0 Å². The standard InChI is InChI=1S/C20H23NO5/c1-3-25-11-12-26-18-10-5-4-9-17(18)19(22)21-16-8-6-7-15(13-16)14(2)20(23)24/h4-10,13-14H,3,11-12H2,1-2H3,(H,21,22)(H,23,24). The zero-order valence-corrected chi connectivity index (χ0v) is 14.9. The van der Waals surface area contributed by atoms with Crippen LogP contribution in [0.25, 0.3) is 0 Å². The Bertz CT molecular complexity index is 759. The van der Waals surface area contributed by atoms with Crippen molar-refractivity contribution < 1.29 is 24.2 Å². The maximum Gasteiger partial charge on any atom is 0.310 e. The van der Waals surface area contributed by atoms with Crippen molar-refractivity contribution in [2.24, 2.45) is 0 Å². The number of nitrogens with one attached hydrogen (secondary N) is 1. The molecular weight excluding hydrogens is 334 g/mol. The van der Waals surface area contributed by atoms with Gasteiger partial charge in [0, 0.05) is 12.3 Å². The zero-order valence-electron chi connectivity index (χ0n) is 14.9. The van der Waals surface area contributed by atoms with Crippen molar-refractivity contribution in [1.29, 1.82) is 0 Å². The highest BCUT2D eigenvalue weighted by Gasteiger charge is 2.16.